The van der Waals surface area contributed by atoms with Crippen molar-refractivity contribution in [3.05, 3.63) is 46.2 Å². The van der Waals surface area contributed by atoms with E-state index in [1.807, 2.05) is 0 Å². The lowest BCUT2D eigenvalue weighted by molar-refractivity contribution is 0.0172. The minimum absolute atomic E-state index is 0.00176. The number of urea groups is 1. The van der Waals surface area contributed by atoms with Crippen LogP contribution in [0.25, 0.3) is 0 Å². The van der Waals surface area contributed by atoms with E-state index in [2.05, 4.69) is 10.6 Å². The third-order valence-corrected chi connectivity index (χ3v) is 8.72. The lowest BCUT2D eigenvalue weighted by Gasteiger charge is -2.34. The summed E-state index contributed by atoms with van der Waals surface area (Å²) in [5, 5.41) is 14.9. The van der Waals surface area contributed by atoms with E-state index >= 15 is 0 Å². The highest BCUT2D eigenvalue weighted by Crippen LogP contribution is 2.42. The number of fused-ring (bicyclic) bond motifs is 2. The normalized spacial score (nSPS) is 19.7. The minimum atomic E-state index is -4.31. The summed E-state index contributed by atoms with van der Waals surface area (Å²) >= 11 is 12.0. The first-order valence-corrected chi connectivity index (χ1v) is 13.4. The fraction of sp³-hybridized carbons (Fsp3) is 0.391. The third kappa shape index (κ3) is 5.42. The number of phenolic OH excluding ortho intramolecular Hbond substituents is 1. The fourth-order valence-corrected chi connectivity index (χ4v) is 6.79. The van der Waals surface area contributed by atoms with E-state index in [0.29, 0.717) is 6.42 Å². The Morgan fingerprint density at radius 3 is 2.38 bits per heavy atom. The number of sulfonamides is 1. The van der Waals surface area contributed by atoms with Crippen LogP contribution < -0.4 is 10.6 Å². The predicted octanol–water partition coefficient (Wildman–Crippen LogP) is 4.86. The SMILES string of the molecule is CC(C)(C)OC(=O)N1C[C@@H]2CC1CN2S(=O)(=O)c1c(Cl)ccc(NC(=O)Nc2cccc(F)c2Cl)c1O. The van der Waals surface area contributed by atoms with Gasteiger partial charge in [-0.3, -0.25) is 0 Å². The average molecular weight is 575 g/mol. The van der Waals surface area contributed by atoms with Crippen LogP contribution in [0, 0.1) is 5.82 Å². The van der Waals surface area contributed by atoms with Crippen LogP contribution in [-0.2, 0) is 14.8 Å². The molecule has 2 aliphatic rings. The first kappa shape index (κ1) is 27.2. The molecule has 2 heterocycles. The van der Waals surface area contributed by atoms with Gasteiger partial charge in [-0.05, 0) is 51.5 Å². The number of aromatic hydroxyl groups is 1. The Labute approximate surface area is 223 Å². The number of phenols is 1. The highest BCUT2D eigenvalue weighted by Gasteiger charge is 2.51. The van der Waals surface area contributed by atoms with E-state index in [1.54, 1.807) is 20.8 Å². The Morgan fingerprint density at radius 2 is 1.76 bits per heavy atom. The summed E-state index contributed by atoms with van der Waals surface area (Å²) in [6, 6.07) is 4.45. The number of carbonyl (C=O) groups excluding carboxylic acids is 2. The Morgan fingerprint density at radius 1 is 1.08 bits per heavy atom. The van der Waals surface area contributed by atoms with Crippen molar-refractivity contribution in [2.45, 2.75) is 49.8 Å². The summed E-state index contributed by atoms with van der Waals surface area (Å²) in [5.74, 6) is -1.51. The number of benzene rings is 2. The van der Waals surface area contributed by atoms with Gasteiger partial charge in [0.15, 0.2) is 5.75 Å². The molecule has 2 fully saturated rings. The number of halogens is 3. The van der Waals surface area contributed by atoms with Crippen LogP contribution in [0.5, 0.6) is 5.75 Å². The van der Waals surface area contributed by atoms with E-state index < -0.39 is 56.3 Å². The molecule has 0 saturated carbocycles. The van der Waals surface area contributed by atoms with Gasteiger partial charge in [-0.2, -0.15) is 4.31 Å². The molecule has 10 nitrogen and oxygen atoms in total. The molecule has 2 aromatic rings. The predicted molar refractivity (Wildman–Crippen MR) is 136 cm³/mol. The topological polar surface area (TPSA) is 128 Å². The first-order chi connectivity index (χ1) is 17.2. The zero-order valence-electron chi connectivity index (χ0n) is 20.1. The summed E-state index contributed by atoms with van der Waals surface area (Å²) in [6.07, 6.45) is -0.112. The van der Waals surface area contributed by atoms with Crippen molar-refractivity contribution >= 4 is 56.7 Å². The molecule has 2 aromatic carbocycles. The molecule has 2 aliphatic heterocycles. The Kier molecular flexibility index (Phi) is 7.23. The van der Waals surface area contributed by atoms with Crippen LogP contribution >= 0.6 is 23.2 Å². The molecule has 1 unspecified atom stereocenters. The lowest BCUT2D eigenvalue weighted by atomic mass is 10.2. The zero-order chi connectivity index (χ0) is 27.3. The molecule has 200 valence electrons. The molecule has 37 heavy (non-hydrogen) atoms. The van der Waals surface area contributed by atoms with Gasteiger partial charge >= 0.3 is 12.1 Å². The summed E-state index contributed by atoms with van der Waals surface area (Å²) in [7, 11) is -4.31. The van der Waals surface area contributed by atoms with Crippen LogP contribution in [0.1, 0.15) is 27.2 Å². The maximum atomic E-state index is 13.6. The van der Waals surface area contributed by atoms with Gasteiger partial charge in [0.1, 0.15) is 16.3 Å². The number of piperazine rings is 1. The van der Waals surface area contributed by atoms with Gasteiger partial charge in [-0.15, -0.1) is 0 Å². The van der Waals surface area contributed by atoms with E-state index in [4.69, 9.17) is 27.9 Å². The summed E-state index contributed by atoms with van der Waals surface area (Å²) in [4.78, 5) is 25.9. The van der Waals surface area contributed by atoms with E-state index in [9.17, 15) is 27.5 Å². The molecule has 2 atom stereocenters. The van der Waals surface area contributed by atoms with Gasteiger partial charge in [0, 0.05) is 19.1 Å². The summed E-state index contributed by atoms with van der Waals surface area (Å²) in [5.41, 5.74) is -0.958. The van der Waals surface area contributed by atoms with Crippen LogP contribution in [0.4, 0.5) is 25.4 Å². The number of rotatable bonds is 4. The van der Waals surface area contributed by atoms with Gasteiger partial charge in [-0.1, -0.05) is 29.3 Å². The smallest absolute Gasteiger partial charge is 0.410 e. The van der Waals surface area contributed by atoms with Crippen molar-refractivity contribution in [3.8, 4) is 5.75 Å². The third-order valence-electron chi connectivity index (χ3n) is 5.92. The van der Waals surface area contributed by atoms with Crippen LogP contribution in [0.2, 0.25) is 10.0 Å². The number of amides is 3. The van der Waals surface area contributed by atoms with Gasteiger partial charge in [0.2, 0.25) is 10.0 Å². The Hall–Kier alpha value is -2.80. The monoisotopic (exact) mass is 574 g/mol. The van der Waals surface area contributed by atoms with E-state index in [1.165, 1.54) is 33.5 Å². The number of likely N-dealkylation sites (tertiary alicyclic amines) is 1. The largest absolute Gasteiger partial charge is 0.504 e. The quantitative estimate of drug-likeness (QED) is 0.447. The van der Waals surface area contributed by atoms with Gasteiger partial charge in [0.25, 0.3) is 0 Å². The van der Waals surface area contributed by atoms with Crippen LogP contribution in [-0.4, -0.2) is 65.6 Å². The zero-order valence-corrected chi connectivity index (χ0v) is 22.4. The highest BCUT2D eigenvalue weighted by molar-refractivity contribution is 7.89. The molecule has 14 heteroatoms. The molecular formula is C23H25Cl2FN4O6S. The molecule has 2 bridgehead atoms. The molecule has 3 N–H and O–H groups in total. The first-order valence-electron chi connectivity index (χ1n) is 11.2. The number of hydrogen-bond donors (Lipinski definition) is 3. The van der Waals surface area contributed by atoms with Gasteiger partial charge < -0.3 is 25.4 Å². The second-order valence-corrected chi connectivity index (χ2v) is 12.3. The number of nitrogens with one attached hydrogen (secondary N) is 2. The molecule has 2 saturated heterocycles. The number of hydrogen-bond acceptors (Lipinski definition) is 6. The molecule has 0 radical (unpaired) electrons. The second-order valence-electron chi connectivity index (χ2n) is 9.70. The van der Waals surface area contributed by atoms with Crippen molar-refractivity contribution in [1.29, 1.82) is 0 Å². The Balaban J connectivity index is 1.53. The standard InChI is InChI=1S/C23H25Cl2FN4O6S/c1-23(2,3)36-22(33)29-10-13-9-12(29)11-30(13)37(34,35)20-14(24)7-8-17(19(20)31)28-21(32)27-16-6-4-5-15(26)18(16)25/h4-8,12-13,31H,9-11H2,1-3H3,(H2,27,28,32)/t12?,13-/m0/s1. The molecule has 4 rings (SSSR count). The van der Waals surface area contributed by atoms with E-state index in [-0.39, 0.29) is 34.5 Å². The van der Waals surface area contributed by atoms with Crippen molar-refractivity contribution < 1.29 is 32.2 Å². The molecular weight excluding hydrogens is 550 g/mol. The summed E-state index contributed by atoms with van der Waals surface area (Å²) < 4.78 is 47.3. The number of carbonyl (C=O) groups is 2. The number of anilines is 2. The fourth-order valence-electron chi connectivity index (χ4n) is 4.36. The van der Waals surface area contributed by atoms with Gasteiger partial charge in [0.05, 0.1) is 27.5 Å². The molecule has 0 spiro atoms. The minimum Gasteiger partial charge on any atom is -0.504 e. The molecule has 3 amide bonds. The average Bonchev–Trinajstić information content (AvgIpc) is 3.39. The maximum absolute atomic E-state index is 13.6. The molecule has 0 aromatic heterocycles. The van der Waals surface area contributed by atoms with Crippen molar-refractivity contribution in [2.75, 3.05) is 23.7 Å². The van der Waals surface area contributed by atoms with Gasteiger partial charge in [-0.25, -0.2) is 22.4 Å². The lowest BCUT2D eigenvalue weighted by Crippen LogP contribution is -2.51. The van der Waals surface area contributed by atoms with Crippen molar-refractivity contribution in [2.24, 2.45) is 0 Å². The number of nitrogens with zero attached hydrogens (tertiary/aromatic N) is 2. The van der Waals surface area contributed by atoms with Crippen molar-refractivity contribution in [1.82, 2.24) is 9.21 Å². The number of ether oxygens (including phenoxy) is 1. The Bertz CT molecular complexity index is 1370. The summed E-state index contributed by atoms with van der Waals surface area (Å²) in [6.45, 7) is 5.36. The maximum Gasteiger partial charge on any atom is 0.410 e. The second kappa shape index (κ2) is 9.82. The van der Waals surface area contributed by atoms with Crippen molar-refractivity contribution in [3.63, 3.8) is 0 Å². The van der Waals surface area contributed by atoms with E-state index in [0.717, 1.165) is 6.07 Å². The van der Waals surface area contributed by atoms with Crippen LogP contribution in [0.15, 0.2) is 35.2 Å². The van der Waals surface area contributed by atoms with Crippen LogP contribution in [0.3, 0.4) is 0 Å². The molecule has 0 aliphatic carbocycles. The highest BCUT2D eigenvalue weighted by atomic mass is 35.5.